The Morgan fingerprint density at radius 3 is 2.84 bits per heavy atom. The normalized spacial score (nSPS) is 10.1. The third-order valence-corrected chi connectivity index (χ3v) is 2.63. The van der Waals surface area contributed by atoms with Gasteiger partial charge in [0.25, 0.3) is 0 Å². The second-order valence-corrected chi connectivity index (χ2v) is 4.02. The summed E-state index contributed by atoms with van der Waals surface area (Å²) < 4.78 is 5.53. The van der Waals surface area contributed by atoms with Gasteiger partial charge in [-0.25, -0.2) is 4.79 Å². The first-order chi connectivity index (χ1) is 9.16. The molecule has 0 radical (unpaired) electrons. The molecule has 2 aromatic rings. The smallest absolute Gasteiger partial charge is 0.335 e. The molecule has 0 saturated heterocycles. The van der Waals surface area contributed by atoms with Gasteiger partial charge in [-0.05, 0) is 29.8 Å². The van der Waals surface area contributed by atoms with E-state index >= 15 is 0 Å². The molecule has 0 fully saturated rings. The standard InChI is InChI=1S/C14H14N2O3/c15-12-8-11(14(17)18)3-4-13(12)19-7-5-10-2-1-6-16-9-10/h1-4,6,8-9H,5,7,15H2,(H,17,18). The van der Waals surface area contributed by atoms with Crippen molar-refractivity contribution in [1.82, 2.24) is 4.98 Å². The summed E-state index contributed by atoms with van der Waals surface area (Å²) in [6.45, 7) is 0.461. The molecule has 1 aromatic heterocycles. The largest absolute Gasteiger partial charge is 0.491 e. The first-order valence-electron chi connectivity index (χ1n) is 5.81. The number of aromatic nitrogens is 1. The number of aromatic carboxylic acids is 1. The minimum Gasteiger partial charge on any atom is -0.491 e. The van der Waals surface area contributed by atoms with Crippen molar-refractivity contribution in [2.24, 2.45) is 0 Å². The second kappa shape index (κ2) is 5.86. The molecule has 0 saturated carbocycles. The quantitative estimate of drug-likeness (QED) is 0.801. The van der Waals surface area contributed by atoms with Crippen molar-refractivity contribution in [3.63, 3.8) is 0 Å². The first-order valence-corrected chi connectivity index (χ1v) is 5.81. The summed E-state index contributed by atoms with van der Waals surface area (Å²) in [6.07, 6.45) is 4.21. The first kappa shape index (κ1) is 12.9. The number of carboxylic acids is 1. The highest BCUT2D eigenvalue weighted by Crippen LogP contribution is 2.22. The molecule has 0 aliphatic rings. The number of anilines is 1. The number of carbonyl (C=O) groups is 1. The third-order valence-electron chi connectivity index (χ3n) is 2.63. The van der Waals surface area contributed by atoms with Gasteiger partial charge in [0.1, 0.15) is 5.75 Å². The Morgan fingerprint density at radius 2 is 2.21 bits per heavy atom. The fourth-order valence-electron chi connectivity index (χ4n) is 1.64. The van der Waals surface area contributed by atoms with Crippen LogP contribution in [0.2, 0.25) is 0 Å². The lowest BCUT2D eigenvalue weighted by Crippen LogP contribution is -2.05. The average Bonchev–Trinajstić information content (AvgIpc) is 2.41. The summed E-state index contributed by atoms with van der Waals surface area (Å²) >= 11 is 0. The Bertz CT molecular complexity index is 570. The van der Waals surface area contributed by atoms with Crippen LogP contribution in [-0.2, 0) is 6.42 Å². The average molecular weight is 258 g/mol. The summed E-state index contributed by atoms with van der Waals surface area (Å²) in [4.78, 5) is 14.8. The number of nitrogens with two attached hydrogens (primary N) is 1. The van der Waals surface area contributed by atoms with Gasteiger partial charge in [0.2, 0.25) is 0 Å². The number of rotatable bonds is 5. The third kappa shape index (κ3) is 3.45. The Morgan fingerprint density at radius 1 is 1.37 bits per heavy atom. The van der Waals surface area contributed by atoms with E-state index in [9.17, 15) is 4.79 Å². The predicted molar refractivity (Wildman–Crippen MR) is 71.2 cm³/mol. The molecule has 0 atom stereocenters. The SMILES string of the molecule is Nc1cc(C(=O)O)ccc1OCCc1cccnc1. The maximum Gasteiger partial charge on any atom is 0.335 e. The number of ether oxygens (including phenoxy) is 1. The van der Waals surface area contributed by atoms with E-state index in [0.29, 0.717) is 24.5 Å². The lowest BCUT2D eigenvalue weighted by atomic mass is 10.2. The molecule has 0 unspecified atom stereocenters. The van der Waals surface area contributed by atoms with Gasteiger partial charge in [-0.1, -0.05) is 6.07 Å². The summed E-state index contributed by atoms with van der Waals surface area (Å²) in [6, 6.07) is 8.26. The predicted octanol–water partition coefficient (Wildman–Crippen LogP) is 1.98. The van der Waals surface area contributed by atoms with Crippen molar-refractivity contribution in [2.75, 3.05) is 12.3 Å². The van der Waals surface area contributed by atoms with Crippen molar-refractivity contribution in [3.8, 4) is 5.75 Å². The number of carboxylic acid groups (broad SMARTS) is 1. The number of nitrogens with zero attached hydrogens (tertiary/aromatic N) is 1. The van der Waals surface area contributed by atoms with Crippen molar-refractivity contribution in [2.45, 2.75) is 6.42 Å². The van der Waals surface area contributed by atoms with Gasteiger partial charge in [0.05, 0.1) is 17.9 Å². The van der Waals surface area contributed by atoms with E-state index in [1.807, 2.05) is 12.1 Å². The van der Waals surface area contributed by atoms with Gasteiger partial charge in [0.15, 0.2) is 0 Å². The highest BCUT2D eigenvalue weighted by Gasteiger charge is 2.07. The zero-order valence-electron chi connectivity index (χ0n) is 10.2. The summed E-state index contributed by atoms with van der Waals surface area (Å²) in [5.41, 5.74) is 7.29. The van der Waals surface area contributed by atoms with Crippen molar-refractivity contribution < 1.29 is 14.6 Å². The monoisotopic (exact) mass is 258 g/mol. The fraction of sp³-hybridized carbons (Fsp3) is 0.143. The van der Waals surface area contributed by atoms with E-state index in [4.69, 9.17) is 15.6 Å². The van der Waals surface area contributed by atoms with Crippen LogP contribution in [-0.4, -0.2) is 22.7 Å². The summed E-state index contributed by atoms with van der Waals surface area (Å²) in [5, 5.41) is 8.82. The van der Waals surface area contributed by atoms with Crippen LogP contribution in [0.25, 0.3) is 0 Å². The van der Waals surface area contributed by atoms with Crippen molar-refractivity contribution >= 4 is 11.7 Å². The number of hydrogen-bond acceptors (Lipinski definition) is 4. The van der Waals surface area contributed by atoms with Crippen molar-refractivity contribution in [1.29, 1.82) is 0 Å². The molecule has 1 aromatic carbocycles. The van der Waals surface area contributed by atoms with E-state index < -0.39 is 5.97 Å². The van der Waals surface area contributed by atoms with Gasteiger partial charge in [0, 0.05) is 18.8 Å². The van der Waals surface area contributed by atoms with E-state index in [-0.39, 0.29) is 5.56 Å². The van der Waals surface area contributed by atoms with E-state index in [1.54, 1.807) is 18.5 Å². The molecule has 5 nitrogen and oxygen atoms in total. The van der Waals surface area contributed by atoms with Crippen molar-refractivity contribution in [3.05, 3.63) is 53.9 Å². The molecule has 0 bridgehead atoms. The lowest BCUT2D eigenvalue weighted by molar-refractivity contribution is 0.0697. The second-order valence-electron chi connectivity index (χ2n) is 4.02. The zero-order valence-corrected chi connectivity index (χ0v) is 10.2. The lowest BCUT2D eigenvalue weighted by Gasteiger charge is -2.09. The molecule has 0 spiro atoms. The van der Waals surface area contributed by atoms with Crippen LogP contribution in [0.5, 0.6) is 5.75 Å². The van der Waals surface area contributed by atoms with Crippen LogP contribution in [0.15, 0.2) is 42.7 Å². The zero-order chi connectivity index (χ0) is 13.7. The molecule has 5 heteroatoms. The van der Waals surface area contributed by atoms with E-state index in [2.05, 4.69) is 4.98 Å². The van der Waals surface area contributed by atoms with Gasteiger partial charge in [-0.3, -0.25) is 4.98 Å². The van der Waals surface area contributed by atoms with Gasteiger partial charge >= 0.3 is 5.97 Å². The molecule has 0 aliphatic heterocycles. The van der Waals surface area contributed by atoms with E-state index in [1.165, 1.54) is 12.1 Å². The molecule has 1 heterocycles. The molecule has 19 heavy (non-hydrogen) atoms. The maximum atomic E-state index is 10.8. The van der Waals surface area contributed by atoms with Gasteiger partial charge < -0.3 is 15.6 Å². The van der Waals surface area contributed by atoms with Gasteiger partial charge in [-0.15, -0.1) is 0 Å². The minimum atomic E-state index is -1.01. The highest BCUT2D eigenvalue weighted by molar-refractivity contribution is 5.89. The maximum absolute atomic E-state index is 10.8. The Kier molecular flexibility index (Phi) is 3.97. The molecule has 0 amide bonds. The molecular weight excluding hydrogens is 244 g/mol. The molecule has 0 aliphatic carbocycles. The number of nitrogen functional groups attached to an aromatic ring is 1. The number of hydrogen-bond donors (Lipinski definition) is 2. The molecule has 3 N–H and O–H groups in total. The molecular formula is C14H14N2O3. The van der Waals surface area contributed by atoms with Crippen LogP contribution < -0.4 is 10.5 Å². The highest BCUT2D eigenvalue weighted by atomic mass is 16.5. The topological polar surface area (TPSA) is 85.4 Å². The number of pyridine rings is 1. The Labute approximate surface area is 110 Å². The molecule has 98 valence electrons. The fourth-order valence-corrected chi connectivity index (χ4v) is 1.64. The van der Waals surface area contributed by atoms with Crippen LogP contribution in [0, 0.1) is 0 Å². The number of benzene rings is 1. The Hall–Kier alpha value is -2.56. The van der Waals surface area contributed by atoms with Gasteiger partial charge in [-0.2, -0.15) is 0 Å². The molecule has 2 rings (SSSR count). The van der Waals surface area contributed by atoms with Crippen LogP contribution in [0.3, 0.4) is 0 Å². The van der Waals surface area contributed by atoms with Crippen LogP contribution in [0.4, 0.5) is 5.69 Å². The minimum absolute atomic E-state index is 0.150. The van der Waals surface area contributed by atoms with Crippen LogP contribution in [0.1, 0.15) is 15.9 Å². The van der Waals surface area contributed by atoms with E-state index in [0.717, 1.165) is 5.56 Å². The summed E-state index contributed by atoms with van der Waals surface area (Å²) in [5.74, 6) is -0.512. The van der Waals surface area contributed by atoms with Crippen LogP contribution >= 0.6 is 0 Å². The summed E-state index contributed by atoms with van der Waals surface area (Å²) in [7, 11) is 0. The Balaban J connectivity index is 1.95.